The predicted octanol–water partition coefficient (Wildman–Crippen LogP) is 2.78. The van der Waals surface area contributed by atoms with E-state index < -0.39 is 5.92 Å². The van der Waals surface area contributed by atoms with Crippen molar-refractivity contribution < 1.29 is 19.1 Å². The van der Waals surface area contributed by atoms with Gasteiger partial charge in [-0.1, -0.05) is 6.07 Å². The van der Waals surface area contributed by atoms with Crippen molar-refractivity contribution in [1.82, 2.24) is 4.90 Å². The van der Waals surface area contributed by atoms with Crippen LogP contribution in [0.1, 0.15) is 23.7 Å². The van der Waals surface area contributed by atoms with Crippen molar-refractivity contribution in [3.8, 4) is 5.75 Å². The van der Waals surface area contributed by atoms with Crippen LogP contribution in [0, 0.1) is 5.92 Å². The van der Waals surface area contributed by atoms with Crippen LogP contribution in [0.4, 0.5) is 11.4 Å². The van der Waals surface area contributed by atoms with Gasteiger partial charge in [0.25, 0.3) is 5.91 Å². The topological polar surface area (TPSA) is 79.0 Å². The molecule has 0 saturated carbocycles. The fourth-order valence-corrected chi connectivity index (χ4v) is 3.25. The minimum Gasteiger partial charge on any atom is -0.494 e. The summed E-state index contributed by atoms with van der Waals surface area (Å²) in [6.07, 6.45) is 0.148. The first-order valence-corrected chi connectivity index (χ1v) is 9.55. The lowest BCUT2D eigenvalue weighted by Gasteiger charge is -2.17. The van der Waals surface area contributed by atoms with Gasteiger partial charge in [0.1, 0.15) is 5.75 Å². The average molecular weight is 395 g/mol. The first kappa shape index (κ1) is 20.4. The third kappa shape index (κ3) is 4.74. The molecule has 1 heterocycles. The van der Waals surface area contributed by atoms with Crippen LogP contribution in [-0.2, 0) is 9.59 Å². The van der Waals surface area contributed by atoms with Crippen LogP contribution in [0.25, 0.3) is 0 Å². The van der Waals surface area contributed by atoms with E-state index in [-0.39, 0.29) is 24.1 Å². The van der Waals surface area contributed by atoms with Crippen molar-refractivity contribution in [2.24, 2.45) is 5.92 Å². The van der Waals surface area contributed by atoms with E-state index in [1.807, 2.05) is 31.2 Å². The van der Waals surface area contributed by atoms with Crippen LogP contribution in [0.2, 0.25) is 0 Å². The minimum absolute atomic E-state index is 0.0918. The third-order valence-corrected chi connectivity index (χ3v) is 4.74. The number of carbonyl (C=O) groups excluding carboxylic acids is 3. The first-order chi connectivity index (χ1) is 13.9. The molecule has 0 aliphatic carbocycles. The number of hydrogen-bond donors (Lipinski definition) is 1. The number of nitrogens with one attached hydrogen (secondary N) is 1. The van der Waals surface area contributed by atoms with Gasteiger partial charge in [-0.2, -0.15) is 0 Å². The number of nitrogens with zero attached hydrogens (tertiary/aromatic N) is 2. The van der Waals surface area contributed by atoms with Crippen molar-refractivity contribution in [3.05, 3.63) is 54.1 Å². The van der Waals surface area contributed by atoms with Crippen molar-refractivity contribution in [1.29, 1.82) is 0 Å². The molecule has 0 spiro atoms. The number of benzene rings is 2. The van der Waals surface area contributed by atoms with Crippen molar-refractivity contribution >= 4 is 29.1 Å². The van der Waals surface area contributed by atoms with E-state index >= 15 is 0 Å². The van der Waals surface area contributed by atoms with Gasteiger partial charge in [0.2, 0.25) is 11.8 Å². The monoisotopic (exact) mass is 395 g/mol. The molecular formula is C22H25N3O4. The molecule has 1 fully saturated rings. The second-order valence-electron chi connectivity index (χ2n) is 7.10. The zero-order valence-electron chi connectivity index (χ0n) is 16.8. The molecule has 3 amide bonds. The highest BCUT2D eigenvalue weighted by atomic mass is 16.5. The molecule has 7 nitrogen and oxygen atoms in total. The Labute approximate surface area is 170 Å². The Morgan fingerprint density at radius 1 is 1.17 bits per heavy atom. The largest absolute Gasteiger partial charge is 0.494 e. The summed E-state index contributed by atoms with van der Waals surface area (Å²) in [6, 6.07) is 14.0. The quantitative estimate of drug-likeness (QED) is 0.816. The second kappa shape index (κ2) is 8.77. The highest BCUT2D eigenvalue weighted by molar-refractivity contribution is 6.04. The zero-order valence-corrected chi connectivity index (χ0v) is 16.8. The van der Waals surface area contributed by atoms with Crippen LogP contribution in [0.3, 0.4) is 0 Å². The van der Waals surface area contributed by atoms with Gasteiger partial charge in [-0.25, -0.2) is 0 Å². The Bertz CT molecular complexity index is 909. The maximum atomic E-state index is 12.7. The van der Waals surface area contributed by atoms with Gasteiger partial charge in [-0.3, -0.25) is 14.4 Å². The van der Waals surface area contributed by atoms with Crippen molar-refractivity contribution in [2.75, 3.05) is 37.5 Å². The van der Waals surface area contributed by atoms with Gasteiger partial charge in [0.15, 0.2) is 0 Å². The predicted molar refractivity (Wildman–Crippen MR) is 111 cm³/mol. The first-order valence-electron chi connectivity index (χ1n) is 9.55. The highest BCUT2D eigenvalue weighted by Crippen LogP contribution is 2.27. The van der Waals surface area contributed by atoms with E-state index in [4.69, 9.17) is 4.74 Å². The summed E-state index contributed by atoms with van der Waals surface area (Å²) in [5.74, 6) is -0.183. The molecule has 1 atom stereocenters. The summed E-state index contributed by atoms with van der Waals surface area (Å²) in [5.41, 5.74) is 1.77. The smallest absolute Gasteiger partial charge is 0.253 e. The van der Waals surface area contributed by atoms with Crippen LogP contribution in [0.5, 0.6) is 5.75 Å². The molecule has 1 unspecified atom stereocenters. The van der Waals surface area contributed by atoms with Crippen molar-refractivity contribution in [3.63, 3.8) is 0 Å². The lowest BCUT2D eigenvalue weighted by atomic mass is 10.1. The van der Waals surface area contributed by atoms with Crippen LogP contribution in [0.15, 0.2) is 48.5 Å². The molecule has 2 aromatic carbocycles. The zero-order chi connectivity index (χ0) is 21.0. The highest BCUT2D eigenvalue weighted by Gasteiger charge is 2.35. The summed E-state index contributed by atoms with van der Waals surface area (Å²) in [6.45, 7) is 2.80. The van der Waals surface area contributed by atoms with Gasteiger partial charge in [-0.05, 0) is 49.4 Å². The summed E-state index contributed by atoms with van der Waals surface area (Å²) in [4.78, 5) is 40.3. The fourth-order valence-electron chi connectivity index (χ4n) is 3.25. The van der Waals surface area contributed by atoms with Gasteiger partial charge in [-0.15, -0.1) is 0 Å². The van der Waals surface area contributed by atoms with E-state index in [9.17, 15) is 14.4 Å². The molecule has 29 heavy (non-hydrogen) atoms. The molecular weight excluding hydrogens is 370 g/mol. The maximum Gasteiger partial charge on any atom is 0.253 e. The minimum atomic E-state index is -0.456. The van der Waals surface area contributed by atoms with E-state index in [0.717, 1.165) is 11.4 Å². The lowest BCUT2D eigenvalue weighted by Crippen LogP contribution is -2.28. The maximum absolute atomic E-state index is 12.7. The van der Waals surface area contributed by atoms with Gasteiger partial charge >= 0.3 is 0 Å². The van der Waals surface area contributed by atoms with Gasteiger partial charge in [0, 0.05) is 44.0 Å². The van der Waals surface area contributed by atoms with E-state index in [1.54, 1.807) is 43.3 Å². The number of amides is 3. The molecule has 1 aliphatic heterocycles. The Hall–Kier alpha value is -3.35. The summed E-state index contributed by atoms with van der Waals surface area (Å²) in [7, 11) is 3.35. The number of carbonyl (C=O) groups is 3. The summed E-state index contributed by atoms with van der Waals surface area (Å²) < 4.78 is 5.42. The van der Waals surface area contributed by atoms with Gasteiger partial charge in [0.05, 0.1) is 12.5 Å². The molecule has 152 valence electrons. The summed E-state index contributed by atoms with van der Waals surface area (Å²) in [5, 5.41) is 2.83. The lowest BCUT2D eigenvalue weighted by molar-refractivity contribution is -0.122. The Kier molecular flexibility index (Phi) is 6.16. The van der Waals surface area contributed by atoms with Crippen LogP contribution < -0.4 is 15.0 Å². The Balaban J connectivity index is 1.66. The standard InChI is InChI=1S/C22H25N3O4/c1-4-29-19-10-8-18(9-11-19)25-14-16(13-20(25)26)21(27)23-17-7-5-6-15(12-17)22(28)24(2)3/h5-12,16H,4,13-14H2,1-3H3,(H,23,27). The normalized spacial score (nSPS) is 15.9. The van der Waals surface area contributed by atoms with Crippen LogP contribution >= 0.6 is 0 Å². The summed E-state index contributed by atoms with van der Waals surface area (Å²) >= 11 is 0. The molecule has 1 N–H and O–H groups in total. The SMILES string of the molecule is CCOc1ccc(N2CC(C(=O)Nc3cccc(C(=O)N(C)C)c3)CC2=O)cc1. The third-order valence-electron chi connectivity index (χ3n) is 4.74. The number of anilines is 2. The number of hydrogen-bond acceptors (Lipinski definition) is 4. The molecule has 0 radical (unpaired) electrons. The number of rotatable bonds is 6. The molecule has 3 rings (SSSR count). The fraction of sp³-hybridized carbons (Fsp3) is 0.318. The van der Waals surface area contributed by atoms with E-state index in [0.29, 0.717) is 24.4 Å². The van der Waals surface area contributed by atoms with Crippen LogP contribution in [-0.4, -0.2) is 49.9 Å². The second-order valence-corrected chi connectivity index (χ2v) is 7.10. The molecule has 1 saturated heterocycles. The molecule has 0 aromatic heterocycles. The average Bonchev–Trinajstić information content (AvgIpc) is 3.10. The van der Waals surface area contributed by atoms with Gasteiger partial charge < -0.3 is 19.9 Å². The molecule has 7 heteroatoms. The van der Waals surface area contributed by atoms with E-state index in [2.05, 4.69) is 5.32 Å². The Morgan fingerprint density at radius 2 is 1.90 bits per heavy atom. The Morgan fingerprint density at radius 3 is 2.55 bits per heavy atom. The molecule has 0 bridgehead atoms. The van der Waals surface area contributed by atoms with E-state index in [1.165, 1.54) is 4.90 Å². The number of ether oxygens (including phenoxy) is 1. The molecule has 1 aliphatic rings. The molecule has 2 aromatic rings. The van der Waals surface area contributed by atoms with Crippen molar-refractivity contribution in [2.45, 2.75) is 13.3 Å².